The predicted octanol–water partition coefficient (Wildman–Crippen LogP) is 8.99. The highest BCUT2D eigenvalue weighted by Gasteiger charge is 2.43. The van der Waals surface area contributed by atoms with Crippen molar-refractivity contribution in [1.82, 2.24) is 0 Å². The van der Waals surface area contributed by atoms with E-state index in [2.05, 4.69) is 56.3 Å². The van der Waals surface area contributed by atoms with Gasteiger partial charge in [-0.25, -0.2) is 0 Å². The Kier molecular flexibility index (Phi) is 10.3. The zero-order valence-electron chi connectivity index (χ0n) is 20.8. The van der Waals surface area contributed by atoms with Gasteiger partial charge in [0, 0.05) is 12.0 Å². The van der Waals surface area contributed by atoms with Crippen molar-refractivity contribution in [3.63, 3.8) is 0 Å². The summed E-state index contributed by atoms with van der Waals surface area (Å²) in [6.07, 6.45) is 19.4. The van der Waals surface area contributed by atoms with E-state index >= 15 is 0 Å². The van der Waals surface area contributed by atoms with Crippen LogP contribution in [-0.4, -0.2) is 11.7 Å². The smallest absolute Gasteiger partial charge is 0.0471 e. The Balaban J connectivity index is 1.88. The van der Waals surface area contributed by atoms with E-state index in [1.165, 1.54) is 107 Å². The van der Waals surface area contributed by atoms with E-state index in [9.17, 15) is 5.11 Å². The van der Waals surface area contributed by atoms with Gasteiger partial charge in [-0.2, -0.15) is 0 Å². The fraction of sp³-hybridized carbons (Fsp3) is 0.613. The highest BCUT2D eigenvalue weighted by molar-refractivity contribution is 5.82. The summed E-state index contributed by atoms with van der Waals surface area (Å²) >= 11 is 0. The van der Waals surface area contributed by atoms with Crippen LogP contribution in [0.3, 0.4) is 0 Å². The summed E-state index contributed by atoms with van der Waals surface area (Å²) in [7, 11) is 0. The summed E-state index contributed by atoms with van der Waals surface area (Å²) in [4.78, 5) is 0. The molecule has 0 aliphatic heterocycles. The maximum absolute atomic E-state index is 9.83. The molecule has 0 unspecified atom stereocenters. The van der Waals surface area contributed by atoms with Crippen LogP contribution in [-0.2, 0) is 11.8 Å². The Hall–Kier alpha value is -1.60. The molecule has 0 atom stereocenters. The van der Waals surface area contributed by atoms with Gasteiger partial charge < -0.3 is 5.11 Å². The van der Waals surface area contributed by atoms with Crippen molar-refractivity contribution in [2.24, 2.45) is 0 Å². The largest absolute Gasteiger partial charge is 0.396 e. The van der Waals surface area contributed by atoms with Crippen LogP contribution < -0.4 is 0 Å². The first-order valence-electron chi connectivity index (χ1n) is 13.6. The Morgan fingerprint density at radius 2 is 1.19 bits per heavy atom. The molecule has 0 aromatic heterocycles. The molecule has 176 valence electrons. The molecular formula is C31H46O. The van der Waals surface area contributed by atoms with Crippen molar-refractivity contribution in [3.05, 3.63) is 59.2 Å². The summed E-state index contributed by atoms with van der Waals surface area (Å²) in [5.41, 5.74) is 7.49. The first-order valence-corrected chi connectivity index (χ1v) is 13.6. The molecule has 0 fully saturated rings. The van der Waals surface area contributed by atoms with Crippen LogP contribution in [0.25, 0.3) is 11.1 Å². The van der Waals surface area contributed by atoms with E-state index in [4.69, 9.17) is 0 Å². The van der Waals surface area contributed by atoms with Gasteiger partial charge in [-0.15, -0.1) is 0 Å². The van der Waals surface area contributed by atoms with Crippen LogP contribution in [0.4, 0.5) is 0 Å². The third-order valence-electron chi connectivity index (χ3n) is 7.66. The highest BCUT2D eigenvalue weighted by Crippen LogP contribution is 2.55. The number of rotatable bonds is 16. The molecule has 2 aromatic rings. The van der Waals surface area contributed by atoms with E-state index < -0.39 is 0 Å². The lowest BCUT2D eigenvalue weighted by Crippen LogP contribution is -2.27. The van der Waals surface area contributed by atoms with E-state index in [1.807, 2.05) is 0 Å². The van der Waals surface area contributed by atoms with Crippen molar-refractivity contribution in [2.75, 3.05) is 6.61 Å². The van der Waals surface area contributed by atoms with Gasteiger partial charge in [0.2, 0.25) is 0 Å². The summed E-state index contributed by atoms with van der Waals surface area (Å²) in [5, 5.41) is 9.83. The van der Waals surface area contributed by atoms with Crippen LogP contribution >= 0.6 is 0 Å². The van der Waals surface area contributed by atoms with Crippen molar-refractivity contribution >= 4 is 0 Å². The number of aliphatic hydroxyl groups is 1. The Morgan fingerprint density at radius 1 is 0.625 bits per heavy atom. The Morgan fingerprint density at radius 3 is 1.81 bits per heavy atom. The van der Waals surface area contributed by atoms with Crippen molar-refractivity contribution in [1.29, 1.82) is 0 Å². The molecule has 2 aromatic carbocycles. The van der Waals surface area contributed by atoms with Gasteiger partial charge in [-0.3, -0.25) is 0 Å². The minimum absolute atomic E-state index is 0.132. The third-order valence-corrected chi connectivity index (χ3v) is 7.66. The number of unbranched alkanes of at least 4 members (excludes halogenated alkanes) is 10. The first kappa shape index (κ1) is 25.0. The molecule has 0 spiro atoms. The minimum atomic E-state index is 0.132. The first-order chi connectivity index (χ1) is 15.8. The van der Waals surface area contributed by atoms with Crippen molar-refractivity contribution in [3.8, 4) is 11.1 Å². The van der Waals surface area contributed by atoms with Gasteiger partial charge in [-0.05, 0) is 47.1 Å². The fourth-order valence-corrected chi connectivity index (χ4v) is 6.05. The van der Waals surface area contributed by atoms with Crippen LogP contribution in [0.5, 0.6) is 0 Å². The van der Waals surface area contributed by atoms with Gasteiger partial charge in [0.05, 0.1) is 0 Å². The van der Waals surface area contributed by atoms with Crippen LogP contribution in [0.1, 0.15) is 120 Å². The lowest BCUT2D eigenvalue weighted by atomic mass is 9.69. The number of fused-ring (bicyclic) bond motifs is 3. The molecule has 1 aliphatic rings. The van der Waals surface area contributed by atoms with E-state index in [-0.39, 0.29) is 12.0 Å². The maximum Gasteiger partial charge on any atom is 0.0471 e. The van der Waals surface area contributed by atoms with Crippen molar-refractivity contribution < 1.29 is 5.11 Å². The van der Waals surface area contributed by atoms with Gasteiger partial charge in [0.25, 0.3) is 0 Å². The van der Waals surface area contributed by atoms with Crippen molar-refractivity contribution in [2.45, 2.75) is 116 Å². The summed E-state index contributed by atoms with van der Waals surface area (Å²) in [5.74, 6) is 0. The molecule has 0 saturated carbocycles. The van der Waals surface area contributed by atoms with Gasteiger partial charge in [-0.1, -0.05) is 133 Å². The average Bonchev–Trinajstić information content (AvgIpc) is 3.10. The molecule has 0 heterocycles. The van der Waals surface area contributed by atoms with Crippen LogP contribution in [0.15, 0.2) is 42.5 Å². The molecule has 1 nitrogen and oxygen atoms in total. The summed E-state index contributed by atoms with van der Waals surface area (Å²) in [6.45, 7) is 4.83. The van der Waals surface area contributed by atoms with Gasteiger partial charge >= 0.3 is 0 Å². The fourth-order valence-electron chi connectivity index (χ4n) is 6.05. The molecule has 1 N–H and O–H groups in total. The lowest BCUT2D eigenvalue weighted by Gasteiger charge is -2.34. The number of aliphatic hydroxyl groups excluding tert-OH is 1. The molecule has 1 aliphatic carbocycles. The van der Waals surface area contributed by atoms with E-state index in [1.54, 1.807) is 11.1 Å². The maximum atomic E-state index is 9.83. The molecule has 0 amide bonds. The average molecular weight is 435 g/mol. The third kappa shape index (κ3) is 5.84. The summed E-state index contributed by atoms with van der Waals surface area (Å²) < 4.78 is 0. The van der Waals surface area contributed by atoms with Gasteiger partial charge in [0.1, 0.15) is 0 Å². The standard InChI is InChI=1S/C31H46O/c1-3-5-7-9-11-15-23-31(24-16-12-10-8-6-4-2)29-21-14-13-19-27(29)28-20-17-18-26(22-25-32)30(28)31/h13-14,17-21,32H,3-12,15-16,22-25H2,1-2H3. The summed E-state index contributed by atoms with van der Waals surface area (Å²) in [6, 6.07) is 16.0. The highest BCUT2D eigenvalue weighted by atomic mass is 16.2. The van der Waals surface area contributed by atoms with E-state index in [0.717, 1.165) is 6.42 Å². The van der Waals surface area contributed by atoms with Crippen LogP contribution in [0.2, 0.25) is 0 Å². The molecule has 0 bridgehead atoms. The number of benzene rings is 2. The molecular weight excluding hydrogens is 388 g/mol. The molecule has 3 rings (SSSR count). The normalized spacial score (nSPS) is 13.8. The Bertz CT molecular complexity index is 790. The second-order valence-electron chi connectivity index (χ2n) is 9.98. The minimum Gasteiger partial charge on any atom is -0.396 e. The number of hydrogen-bond donors (Lipinski definition) is 1. The Labute approximate surface area is 197 Å². The quantitative estimate of drug-likeness (QED) is 0.261. The molecule has 0 saturated heterocycles. The van der Waals surface area contributed by atoms with Gasteiger partial charge in [0.15, 0.2) is 0 Å². The van der Waals surface area contributed by atoms with Crippen LogP contribution in [0, 0.1) is 0 Å². The zero-order chi connectivity index (χ0) is 22.7. The second-order valence-corrected chi connectivity index (χ2v) is 9.98. The predicted molar refractivity (Wildman–Crippen MR) is 139 cm³/mol. The lowest BCUT2D eigenvalue weighted by molar-refractivity contribution is 0.298. The zero-order valence-corrected chi connectivity index (χ0v) is 20.8. The molecule has 1 heteroatoms. The molecule has 32 heavy (non-hydrogen) atoms. The molecule has 0 radical (unpaired) electrons. The number of hydrogen-bond acceptors (Lipinski definition) is 1. The topological polar surface area (TPSA) is 20.2 Å². The SMILES string of the molecule is CCCCCCCCC1(CCCCCCCC)c2ccccc2-c2cccc(CCO)c21. The second kappa shape index (κ2) is 13.2. The van der Waals surface area contributed by atoms with E-state index in [0.29, 0.717) is 0 Å². The monoisotopic (exact) mass is 434 g/mol.